The van der Waals surface area contributed by atoms with Crippen molar-refractivity contribution >= 4 is 18.0 Å². The Hall–Kier alpha value is -2.17. The number of rotatable bonds is 4. The second-order valence-electron chi connectivity index (χ2n) is 5.32. The van der Waals surface area contributed by atoms with Crippen LogP contribution in [0.2, 0.25) is 0 Å². The van der Waals surface area contributed by atoms with Crippen molar-refractivity contribution in [2.24, 2.45) is 5.92 Å². The van der Waals surface area contributed by atoms with Crippen LogP contribution in [0.25, 0.3) is 6.08 Å². The van der Waals surface area contributed by atoms with Gasteiger partial charge in [-0.25, -0.2) is 4.79 Å². The van der Waals surface area contributed by atoms with Crippen LogP contribution in [-0.4, -0.2) is 40.0 Å². The van der Waals surface area contributed by atoms with Gasteiger partial charge in [0.25, 0.3) is 5.91 Å². The summed E-state index contributed by atoms with van der Waals surface area (Å²) in [6, 6.07) is 1.68. The molecule has 2 rings (SSSR count). The summed E-state index contributed by atoms with van der Waals surface area (Å²) in [5.41, 5.74) is 1.13. The molecule has 1 fully saturated rings. The molecule has 0 radical (unpaired) electrons. The van der Waals surface area contributed by atoms with Crippen molar-refractivity contribution in [3.8, 4) is 0 Å². The number of nitrogens with zero attached hydrogens (tertiary/aromatic N) is 2. The monoisotopic (exact) mass is 288 g/mol. The summed E-state index contributed by atoms with van der Waals surface area (Å²) < 4.78 is 0. The third-order valence-corrected chi connectivity index (χ3v) is 3.90. The number of hydrogen-bond donors (Lipinski definition) is 1. The van der Waals surface area contributed by atoms with Gasteiger partial charge in [-0.2, -0.15) is 0 Å². The number of aliphatic carboxylic acids is 1. The van der Waals surface area contributed by atoms with Gasteiger partial charge in [-0.15, -0.1) is 0 Å². The molecule has 0 saturated carbocycles. The molecule has 0 spiro atoms. The molecule has 0 aliphatic carbocycles. The second-order valence-corrected chi connectivity index (χ2v) is 5.32. The van der Waals surface area contributed by atoms with Crippen LogP contribution in [0.5, 0.6) is 0 Å². The van der Waals surface area contributed by atoms with Crippen LogP contribution in [0.4, 0.5) is 0 Å². The van der Waals surface area contributed by atoms with E-state index in [2.05, 4.69) is 11.9 Å². The summed E-state index contributed by atoms with van der Waals surface area (Å²) in [5, 5.41) is 8.62. The molecule has 1 aromatic heterocycles. The molecule has 0 bridgehead atoms. The Morgan fingerprint density at radius 3 is 2.71 bits per heavy atom. The van der Waals surface area contributed by atoms with Crippen molar-refractivity contribution < 1.29 is 14.7 Å². The second kappa shape index (κ2) is 7.02. The molecular weight excluding hydrogens is 268 g/mol. The highest BCUT2D eigenvalue weighted by Gasteiger charge is 2.22. The van der Waals surface area contributed by atoms with Crippen molar-refractivity contribution in [2.75, 3.05) is 13.1 Å². The molecule has 112 valence electrons. The first-order valence-corrected chi connectivity index (χ1v) is 7.25. The number of carboxylic acid groups (broad SMARTS) is 1. The number of carbonyl (C=O) groups is 2. The minimum Gasteiger partial charge on any atom is -0.478 e. The lowest BCUT2D eigenvalue weighted by molar-refractivity contribution is -0.131. The zero-order valence-corrected chi connectivity index (χ0v) is 12.2. The Labute approximate surface area is 124 Å². The average molecular weight is 288 g/mol. The summed E-state index contributed by atoms with van der Waals surface area (Å²) in [7, 11) is 0. The normalized spacial score (nSPS) is 16.3. The molecule has 1 amide bonds. The Morgan fingerprint density at radius 2 is 2.10 bits per heavy atom. The Morgan fingerprint density at radius 1 is 1.38 bits per heavy atom. The predicted octanol–water partition coefficient (Wildman–Crippen LogP) is 2.44. The maximum atomic E-state index is 12.4. The van der Waals surface area contributed by atoms with Crippen LogP contribution < -0.4 is 0 Å². The summed E-state index contributed by atoms with van der Waals surface area (Å²) >= 11 is 0. The maximum absolute atomic E-state index is 12.4. The minimum absolute atomic E-state index is 0.0253. The molecule has 5 nitrogen and oxygen atoms in total. The molecular formula is C16H20N2O3. The molecule has 0 aromatic carbocycles. The number of amides is 1. The maximum Gasteiger partial charge on any atom is 0.328 e. The Kier molecular flexibility index (Phi) is 5.09. The molecule has 1 N–H and O–H groups in total. The van der Waals surface area contributed by atoms with E-state index in [1.165, 1.54) is 18.7 Å². The van der Waals surface area contributed by atoms with Crippen molar-refractivity contribution in [3.05, 3.63) is 35.7 Å². The number of aromatic nitrogens is 1. The number of carboxylic acids is 1. The zero-order valence-electron chi connectivity index (χ0n) is 12.2. The number of pyridine rings is 1. The van der Waals surface area contributed by atoms with E-state index >= 15 is 0 Å². The van der Waals surface area contributed by atoms with Gasteiger partial charge in [-0.1, -0.05) is 13.3 Å². The fourth-order valence-electron chi connectivity index (χ4n) is 2.56. The van der Waals surface area contributed by atoms with Crippen molar-refractivity contribution in [1.82, 2.24) is 9.88 Å². The van der Waals surface area contributed by atoms with E-state index in [9.17, 15) is 9.59 Å². The van der Waals surface area contributed by atoms with Crippen LogP contribution in [0.15, 0.2) is 24.5 Å². The van der Waals surface area contributed by atoms with Gasteiger partial charge >= 0.3 is 5.97 Å². The summed E-state index contributed by atoms with van der Waals surface area (Å²) in [4.78, 5) is 28.8. The molecule has 5 heteroatoms. The smallest absolute Gasteiger partial charge is 0.328 e. The van der Waals surface area contributed by atoms with Crippen LogP contribution >= 0.6 is 0 Å². The SMILES string of the molecule is CCC1CCN(C(=O)c2cncc(C=CC(=O)O)c2)CC1. The molecule has 1 aliphatic rings. The summed E-state index contributed by atoms with van der Waals surface area (Å²) in [6.07, 6.45) is 8.82. The Balaban J connectivity index is 2.06. The van der Waals surface area contributed by atoms with Gasteiger partial charge in [0.15, 0.2) is 0 Å². The third kappa shape index (κ3) is 4.15. The number of carbonyl (C=O) groups excluding carboxylic acids is 1. The molecule has 1 saturated heterocycles. The third-order valence-electron chi connectivity index (χ3n) is 3.90. The van der Waals surface area contributed by atoms with Crippen molar-refractivity contribution in [1.29, 1.82) is 0 Å². The zero-order chi connectivity index (χ0) is 15.2. The first kappa shape index (κ1) is 15.2. The fraction of sp³-hybridized carbons (Fsp3) is 0.438. The predicted molar refractivity (Wildman–Crippen MR) is 79.8 cm³/mol. The molecule has 2 heterocycles. The van der Waals surface area contributed by atoms with Gasteiger partial charge in [0.1, 0.15) is 0 Å². The van der Waals surface area contributed by atoms with E-state index < -0.39 is 5.97 Å². The molecule has 0 unspecified atom stereocenters. The first-order valence-electron chi connectivity index (χ1n) is 7.25. The largest absolute Gasteiger partial charge is 0.478 e. The van der Waals surface area contributed by atoms with E-state index in [0.717, 1.165) is 37.9 Å². The van der Waals surface area contributed by atoms with Gasteiger partial charge in [-0.05, 0) is 36.5 Å². The number of likely N-dealkylation sites (tertiary alicyclic amines) is 1. The molecule has 1 aromatic rings. The summed E-state index contributed by atoms with van der Waals surface area (Å²) in [6.45, 7) is 3.75. The molecule has 0 atom stereocenters. The van der Waals surface area contributed by atoms with E-state index in [1.807, 2.05) is 4.90 Å². The number of piperidine rings is 1. The van der Waals surface area contributed by atoms with Crippen molar-refractivity contribution in [2.45, 2.75) is 26.2 Å². The van der Waals surface area contributed by atoms with Gasteiger partial charge in [0, 0.05) is 31.6 Å². The van der Waals surface area contributed by atoms with E-state index in [-0.39, 0.29) is 5.91 Å². The molecule has 1 aliphatic heterocycles. The van der Waals surface area contributed by atoms with Crippen molar-refractivity contribution in [3.63, 3.8) is 0 Å². The van der Waals surface area contributed by atoms with Crippen LogP contribution in [-0.2, 0) is 4.79 Å². The first-order chi connectivity index (χ1) is 10.1. The number of hydrogen-bond acceptors (Lipinski definition) is 3. The van der Waals surface area contributed by atoms with Crippen LogP contribution in [0.3, 0.4) is 0 Å². The minimum atomic E-state index is -1.02. The quantitative estimate of drug-likeness (QED) is 0.864. The van der Waals surface area contributed by atoms with Crippen LogP contribution in [0, 0.1) is 5.92 Å². The highest BCUT2D eigenvalue weighted by molar-refractivity contribution is 5.94. The lowest BCUT2D eigenvalue weighted by Crippen LogP contribution is -2.38. The standard InChI is InChI=1S/C16H20N2O3/c1-2-12-5-7-18(8-6-12)16(21)14-9-13(10-17-11-14)3-4-15(19)20/h3-4,9-12H,2,5-8H2,1H3,(H,19,20). The Bertz CT molecular complexity index is 546. The van der Waals surface area contributed by atoms with Gasteiger partial charge in [-0.3, -0.25) is 9.78 Å². The average Bonchev–Trinajstić information content (AvgIpc) is 2.52. The van der Waals surface area contributed by atoms with E-state index in [4.69, 9.17) is 5.11 Å². The topological polar surface area (TPSA) is 70.5 Å². The highest BCUT2D eigenvalue weighted by atomic mass is 16.4. The van der Waals surface area contributed by atoms with Crippen LogP contribution in [0.1, 0.15) is 42.1 Å². The van der Waals surface area contributed by atoms with E-state index in [1.54, 1.807) is 12.3 Å². The van der Waals surface area contributed by atoms with Gasteiger partial charge < -0.3 is 10.0 Å². The lowest BCUT2D eigenvalue weighted by Gasteiger charge is -2.31. The van der Waals surface area contributed by atoms with Gasteiger partial charge in [0.05, 0.1) is 5.56 Å². The fourth-order valence-corrected chi connectivity index (χ4v) is 2.56. The van der Waals surface area contributed by atoms with Gasteiger partial charge in [0.2, 0.25) is 0 Å². The lowest BCUT2D eigenvalue weighted by atomic mass is 9.94. The highest BCUT2D eigenvalue weighted by Crippen LogP contribution is 2.21. The molecule has 21 heavy (non-hydrogen) atoms. The van der Waals surface area contributed by atoms with E-state index in [0.29, 0.717) is 11.1 Å². The summed E-state index contributed by atoms with van der Waals surface area (Å²) in [5.74, 6) is -0.326.